The zero-order valence-corrected chi connectivity index (χ0v) is 13.3. The Bertz CT molecular complexity index is 352. The Morgan fingerprint density at radius 1 is 0.950 bits per heavy atom. The Labute approximate surface area is 123 Å². The first kappa shape index (κ1) is 16.7. The van der Waals surface area contributed by atoms with Gasteiger partial charge in [0.15, 0.2) is 0 Å². The Morgan fingerprint density at radius 3 is 2.25 bits per heavy atom. The molecule has 1 rings (SSSR count). The molecular formula is C16H30N4. The predicted molar refractivity (Wildman–Crippen MR) is 87.2 cm³/mol. The lowest BCUT2D eigenvalue weighted by atomic mass is 10.0. The highest BCUT2D eigenvalue weighted by atomic mass is 15.1. The molecular weight excluding hydrogens is 248 g/mol. The minimum Gasteiger partial charge on any atom is -0.370 e. The summed E-state index contributed by atoms with van der Waals surface area (Å²) < 4.78 is 0. The molecule has 0 saturated carbocycles. The number of hydrogen-bond acceptors (Lipinski definition) is 4. The highest BCUT2D eigenvalue weighted by Crippen LogP contribution is 2.11. The normalized spacial score (nSPS) is 10.8. The lowest BCUT2D eigenvalue weighted by molar-refractivity contribution is 0.523. The van der Waals surface area contributed by atoms with E-state index in [-0.39, 0.29) is 0 Å². The van der Waals surface area contributed by atoms with Crippen molar-refractivity contribution in [2.24, 2.45) is 5.92 Å². The zero-order valence-electron chi connectivity index (χ0n) is 13.3. The van der Waals surface area contributed by atoms with Crippen LogP contribution in [0.5, 0.6) is 0 Å². The van der Waals surface area contributed by atoms with Crippen molar-refractivity contribution in [3.63, 3.8) is 0 Å². The van der Waals surface area contributed by atoms with Crippen LogP contribution in [0.4, 0.5) is 11.6 Å². The molecule has 4 nitrogen and oxygen atoms in total. The van der Waals surface area contributed by atoms with Gasteiger partial charge in [-0.25, -0.2) is 9.97 Å². The Hall–Kier alpha value is -1.32. The number of anilines is 2. The molecule has 2 N–H and O–H groups in total. The maximum absolute atomic E-state index is 4.24. The minimum absolute atomic E-state index is 0.836. The van der Waals surface area contributed by atoms with E-state index in [9.17, 15) is 0 Å². The van der Waals surface area contributed by atoms with Crippen LogP contribution in [0, 0.1) is 5.92 Å². The van der Waals surface area contributed by atoms with Gasteiger partial charge in [-0.15, -0.1) is 0 Å². The molecule has 0 aliphatic carbocycles. The van der Waals surface area contributed by atoms with E-state index >= 15 is 0 Å². The molecule has 0 radical (unpaired) electrons. The van der Waals surface area contributed by atoms with Gasteiger partial charge in [0.25, 0.3) is 0 Å². The highest BCUT2D eigenvalue weighted by molar-refractivity contribution is 5.46. The van der Waals surface area contributed by atoms with E-state index in [1.807, 2.05) is 6.07 Å². The molecule has 0 atom stereocenters. The SMILES string of the molecule is CCCNc1cc(NCCCCCCC(C)C)ncn1. The Morgan fingerprint density at radius 2 is 1.60 bits per heavy atom. The van der Waals surface area contributed by atoms with Crippen molar-refractivity contribution in [3.05, 3.63) is 12.4 Å². The first-order valence-electron chi connectivity index (χ1n) is 8.02. The van der Waals surface area contributed by atoms with Crippen molar-refractivity contribution in [2.45, 2.75) is 59.3 Å². The summed E-state index contributed by atoms with van der Waals surface area (Å²) in [5, 5.41) is 6.64. The number of aromatic nitrogens is 2. The predicted octanol–water partition coefficient (Wildman–Crippen LogP) is 4.32. The summed E-state index contributed by atoms with van der Waals surface area (Å²) in [4.78, 5) is 8.44. The van der Waals surface area contributed by atoms with Crippen LogP contribution in [0.2, 0.25) is 0 Å². The summed E-state index contributed by atoms with van der Waals surface area (Å²) >= 11 is 0. The molecule has 114 valence electrons. The largest absolute Gasteiger partial charge is 0.370 e. The van der Waals surface area contributed by atoms with Crippen molar-refractivity contribution >= 4 is 11.6 Å². The van der Waals surface area contributed by atoms with Gasteiger partial charge in [-0.05, 0) is 18.8 Å². The minimum atomic E-state index is 0.836. The maximum Gasteiger partial charge on any atom is 0.131 e. The van der Waals surface area contributed by atoms with Crippen molar-refractivity contribution in [3.8, 4) is 0 Å². The summed E-state index contributed by atoms with van der Waals surface area (Å²) in [6.07, 6.45) is 9.27. The molecule has 0 saturated heterocycles. The van der Waals surface area contributed by atoms with Gasteiger partial charge >= 0.3 is 0 Å². The van der Waals surface area contributed by atoms with Gasteiger partial charge in [-0.1, -0.05) is 46.5 Å². The fraction of sp³-hybridized carbons (Fsp3) is 0.750. The van der Waals surface area contributed by atoms with Crippen LogP contribution in [-0.2, 0) is 0 Å². The standard InChI is InChI=1S/C16H30N4/c1-4-10-17-15-12-16(20-13-19-15)18-11-8-6-5-7-9-14(2)3/h12-14H,4-11H2,1-3H3,(H2,17,18,19,20). The zero-order chi connectivity index (χ0) is 14.6. The first-order chi connectivity index (χ1) is 9.72. The van der Waals surface area contributed by atoms with Crippen LogP contribution in [-0.4, -0.2) is 23.1 Å². The smallest absolute Gasteiger partial charge is 0.131 e. The number of nitrogens with one attached hydrogen (secondary N) is 2. The highest BCUT2D eigenvalue weighted by Gasteiger charge is 1.98. The third kappa shape index (κ3) is 7.97. The molecule has 20 heavy (non-hydrogen) atoms. The monoisotopic (exact) mass is 278 g/mol. The van der Waals surface area contributed by atoms with E-state index in [4.69, 9.17) is 0 Å². The average molecular weight is 278 g/mol. The second kappa shape index (κ2) is 10.5. The van der Waals surface area contributed by atoms with E-state index in [0.29, 0.717) is 0 Å². The number of rotatable bonds is 11. The van der Waals surface area contributed by atoms with Gasteiger partial charge in [0.2, 0.25) is 0 Å². The molecule has 0 aromatic carbocycles. The molecule has 0 unspecified atom stereocenters. The van der Waals surface area contributed by atoms with Gasteiger partial charge in [-0.2, -0.15) is 0 Å². The third-order valence-corrected chi connectivity index (χ3v) is 3.24. The average Bonchev–Trinajstić information content (AvgIpc) is 2.44. The molecule has 0 amide bonds. The van der Waals surface area contributed by atoms with Crippen molar-refractivity contribution in [2.75, 3.05) is 23.7 Å². The third-order valence-electron chi connectivity index (χ3n) is 3.24. The molecule has 4 heteroatoms. The lowest BCUT2D eigenvalue weighted by Crippen LogP contribution is -2.06. The second-order valence-electron chi connectivity index (χ2n) is 5.74. The molecule has 1 aromatic heterocycles. The molecule has 0 aliphatic heterocycles. The van der Waals surface area contributed by atoms with E-state index < -0.39 is 0 Å². The van der Waals surface area contributed by atoms with Crippen LogP contribution in [0.1, 0.15) is 59.3 Å². The number of hydrogen-bond donors (Lipinski definition) is 2. The van der Waals surface area contributed by atoms with Gasteiger partial charge in [0.1, 0.15) is 18.0 Å². The van der Waals surface area contributed by atoms with E-state index in [1.165, 1.54) is 32.1 Å². The fourth-order valence-electron chi connectivity index (χ4n) is 2.05. The van der Waals surface area contributed by atoms with Crippen LogP contribution >= 0.6 is 0 Å². The summed E-state index contributed by atoms with van der Waals surface area (Å²) in [7, 11) is 0. The van der Waals surface area contributed by atoms with Gasteiger partial charge < -0.3 is 10.6 Å². The van der Waals surface area contributed by atoms with Gasteiger partial charge in [-0.3, -0.25) is 0 Å². The van der Waals surface area contributed by atoms with Crippen LogP contribution in [0.3, 0.4) is 0 Å². The van der Waals surface area contributed by atoms with Crippen LogP contribution in [0.15, 0.2) is 12.4 Å². The van der Waals surface area contributed by atoms with Gasteiger partial charge in [0, 0.05) is 19.2 Å². The molecule has 1 aromatic rings. The molecule has 0 spiro atoms. The lowest BCUT2D eigenvalue weighted by Gasteiger charge is -2.08. The Balaban J connectivity index is 2.12. The van der Waals surface area contributed by atoms with E-state index in [1.54, 1.807) is 6.33 Å². The second-order valence-corrected chi connectivity index (χ2v) is 5.74. The van der Waals surface area contributed by atoms with Crippen molar-refractivity contribution < 1.29 is 0 Å². The van der Waals surface area contributed by atoms with Crippen molar-refractivity contribution in [1.82, 2.24) is 9.97 Å². The summed E-state index contributed by atoms with van der Waals surface area (Å²) in [6, 6.07) is 1.98. The fourth-order valence-corrected chi connectivity index (χ4v) is 2.05. The quantitative estimate of drug-likeness (QED) is 0.592. The van der Waals surface area contributed by atoms with Crippen LogP contribution in [0.25, 0.3) is 0 Å². The molecule has 0 bridgehead atoms. The van der Waals surface area contributed by atoms with Crippen molar-refractivity contribution in [1.29, 1.82) is 0 Å². The molecule has 1 heterocycles. The van der Waals surface area contributed by atoms with E-state index in [2.05, 4.69) is 41.4 Å². The Kier molecular flexibility index (Phi) is 8.76. The van der Waals surface area contributed by atoms with Gasteiger partial charge in [0.05, 0.1) is 0 Å². The van der Waals surface area contributed by atoms with E-state index in [0.717, 1.165) is 37.1 Å². The summed E-state index contributed by atoms with van der Waals surface area (Å²) in [6.45, 7) is 8.67. The first-order valence-corrected chi connectivity index (χ1v) is 8.02. The maximum atomic E-state index is 4.24. The molecule has 0 fully saturated rings. The van der Waals surface area contributed by atoms with Crippen LogP contribution < -0.4 is 10.6 Å². The number of unbranched alkanes of at least 4 members (excludes halogenated alkanes) is 3. The summed E-state index contributed by atoms with van der Waals surface area (Å²) in [5.74, 6) is 2.66. The summed E-state index contributed by atoms with van der Waals surface area (Å²) in [5.41, 5.74) is 0. The topological polar surface area (TPSA) is 49.8 Å². The molecule has 0 aliphatic rings. The number of nitrogens with zero attached hydrogens (tertiary/aromatic N) is 2.